The van der Waals surface area contributed by atoms with Crippen LogP contribution >= 0.6 is 34.8 Å². The molecule has 0 heterocycles. The summed E-state index contributed by atoms with van der Waals surface area (Å²) in [6.07, 6.45) is 0. The van der Waals surface area contributed by atoms with Gasteiger partial charge in [0.25, 0.3) is 0 Å². The molecule has 0 amide bonds. The molecule has 2 rings (SSSR count). The molecule has 0 aromatic heterocycles. The monoisotopic (exact) mass is 302 g/mol. The van der Waals surface area contributed by atoms with Gasteiger partial charge in [0.05, 0.1) is 20.6 Å². The van der Waals surface area contributed by atoms with Crippen molar-refractivity contribution in [2.24, 2.45) is 0 Å². The number of rotatable bonds is 2. The molecule has 0 aliphatic rings. The van der Waals surface area contributed by atoms with Gasteiger partial charge < -0.3 is 0 Å². The number of ketones is 1. The molecule has 0 aliphatic carbocycles. The van der Waals surface area contributed by atoms with Crippen LogP contribution in [-0.2, 0) is 0 Å². The number of halogens is 4. The van der Waals surface area contributed by atoms with E-state index in [2.05, 4.69) is 0 Å². The van der Waals surface area contributed by atoms with Crippen molar-refractivity contribution in [3.8, 4) is 0 Å². The second kappa shape index (κ2) is 5.27. The smallest absolute Gasteiger partial charge is 0.199 e. The minimum absolute atomic E-state index is 0.0380. The Bertz CT molecular complexity index is 605. The van der Waals surface area contributed by atoms with E-state index in [1.54, 1.807) is 12.1 Å². The lowest BCUT2D eigenvalue weighted by atomic mass is 10.0. The Balaban J connectivity index is 2.59. The normalized spacial score (nSPS) is 10.4. The summed E-state index contributed by atoms with van der Waals surface area (Å²) in [4.78, 5) is 12.2. The van der Waals surface area contributed by atoms with Crippen molar-refractivity contribution >= 4 is 40.6 Å². The molecule has 1 nitrogen and oxygen atoms in total. The van der Waals surface area contributed by atoms with Crippen LogP contribution < -0.4 is 0 Å². The van der Waals surface area contributed by atoms with Crippen molar-refractivity contribution in [1.29, 1.82) is 0 Å². The van der Waals surface area contributed by atoms with Gasteiger partial charge in [0, 0.05) is 5.56 Å². The lowest BCUT2D eigenvalue weighted by molar-refractivity contribution is 0.103. The third-order valence-electron chi connectivity index (χ3n) is 2.39. The lowest BCUT2D eigenvalue weighted by Crippen LogP contribution is -2.06. The van der Waals surface area contributed by atoms with E-state index in [1.807, 2.05) is 0 Å². The molecule has 0 unspecified atom stereocenters. The Labute approximate surface area is 118 Å². The summed E-state index contributed by atoms with van der Waals surface area (Å²) in [6.45, 7) is 0. The Hall–Kier alpha value is -1.09. The SMILES string of the molecule is O=C(c1cccc(Cl)c1Cl)c1c(F)cccc1Cl. The minimum atomic E-state index is -0.691. The van der Waals surface area contributed by atoms with Crippen LogP contribution in [0.3, 0.4) is 0 Å². The molecule has 0 saturated carbocycles. The van der Waals surface area contributed by atoms with E-state index in [1.165, 1.54) is 18.2 Å². The van der Waals surface area contributed by atoms with E-state index in [0.717, 1.165) is 6.07 Å². The van der Waals surface area contributed by atoms with E-state index >= 15 is 0 Å². The average molecular weight is 304 g/mol. The number of hydrogen-bond acceptors (Lipinski definition) is 1. The standard InChI is InChI=1S/C13H6Cl3FO/c14-8-4-2-6-10(17)11(8)13(18)7-3-1-5-9(15)12(7)16/h1-6H. The Kier molecular flexibility index (Phi) is 3.91. The average Bonchev–Trinajstić information content (AvgIpc) is 2.32. The summed E-state index contributed by atoms with van der Waals surface area (Å²) in [7, 11) is 0. The quantitative estimate of drug-likeness (QED) is 0.712. The number of carbonyl (C=O) groups is 1. The van der Waals surface area contributed by atoms with E-state index in [4.69, 9.17) is 34.8 Å². The molecule has 0 aliphatic heterocycles. The molecule has 0 spiro atoms. The zero-order valence-corrected chi connectivity index (χ0v) is 11.2. The molecule has 5 heteroatoms. The Morgan fingerprint density at radius 3 is 2.22 bits per heavy atom. The molecule has 92 valence electrons. The predicted octanol–water partition coefficient (Wildman–Crippen LogP) is 5.02. The van der Waals surface area contributed by atoms with Crippen molar-refractivity contribution < 1.29 is 9.18 Å². The van der Waals surface area contributed by atoms with Crippen molar-refractivity contribution in [3.63, 3.8) is 0 Å². The van der Waals surface area contributed by atoms with Gasteiger partial charge in [-0.05, 0) is 24.3 Å². The minimum Gasteiger partial charge on any atom is -0.288 e. The Morgan fingerprint density at radius 2 is 1.56 bits per heavy atom. The summed E-state index contributed by atoms with van der Waals surface area (Å²) in [5.41, 5.74) is -0.0838. The van der Waals surface area contributed by atoms with Crippen molar-refractivity contribution in [2.75, 3.05) is 0 Å². The topological polar surface area (TPSA) is 17.1 Å². The number of benzene rings is 2. The molecule has 18 heavy (non-hydrogen) atoms. The second-order valence-electron chi connectivity index (χ2n) is 3.53. The van der Waals surface area contributed by atoms with Crippen LogP contribution in [0, 0.1) is 5.82 Å². The van der Waals surface area contributed by atoms with Gasteiger partial charge in [0.2, 0.25) is 0 Å². The fourth-order valence-electron chi connectivity index (χ4n) is 1.53. The van der Waals surface area contributed by atoms with Gasteiger partial charge in [-0.1, -0.05) is 46.9 Å². The fourth-order valence-corrected chi connectivity index (χ4v) is 2.16. The summed E-state index contributed by atoms with van der Waals surface area (Å²) in [5.74, 6) is -1.28. The zero-order chi connectivity index (χ0) is 13.3. The fraction of sp³-hybridized carbons (Fsp3) is 0. The molecule has 0 radical (unpaired) electrons. The zero-order valence-electron chi connectivity index (χ0n) is 8.88. The first-order chi connectivity index (χ1) is 8.52. The van der Waals surface area contributed by atoms with Gasteiger partial charge in [-0.3, -0.25) is 4.79 Å². The predicted molar refractivity (Wildman–Crippen MR) is 71.3 cm³/mol. The van der Waals surface area contributed by atoms with Gasteiger partial charge in [-0.25, -0.2) is 4.39 Å². The van der Waals surface area contributed by atoms with Crippen LogP contribution in [0.5, 0.6) is 0 Å². The molecule has 2 aromatic rings. The summed E-state index contributed by atoms with van der Waals surface area (Å²) in [5, 5.41) is 0.356. The van der Waals surface area contributed by atoms with Crippen molar-refractivity contribution in [2.45, 2.75) is 0 Å². The highest BCUT2D eigenvalue weighted by atomic mass is 35.5. The summed E-state index contributed by atoms with van der Waals surface area (Å²) >= 11 is 17.6. The molecule has 0 bridgehead atoms. The summed E-state index contributed by atoms with van der Waals surface area (Å²) in [6, 6.07) is 8.61. The van der Waals surface area contributed by atoms with Crippen LogP contribution in [0.1, 0.15) is 15.9 Å². The highest BCUT2D eigenvalue weighted by Crippen LogP contribution is 2.30. The maximum atomic E-state index is 13.6. The van der Waals surface area contributed by atoms with Gasteiger partial charge >= 0.3 is 0 Å². The van der Waals surface area contributed by atoms with Crippen LogP contribution in [0.2, 0.25) is 15.1 Å². The molecular formula is C13H6Cl3FO. The third-order valence-corrected chi connectivity index (χ3v) is 3.52. The molecule has 0 atom stereocenters. The number of hydrogen-bond donors (Lipinski definition) is 0. The van der Waals surface area contributed by atoms with Gasteiger partial charge in [-0.2, -0.15) is 0 Å². The van der Waals surface area contributed by atoms with E-state index in [0.29, 0.717) is 0 Å². The van der Waals surface area contributed by atoms with E-state index in [-0.39, 0.29) is 26.2 Å². The van der Waals surface area contributed by atoms with Crippen LogP contribution in [0.25, 0.3) is 0 Å². The highest BCUT2D eigenvalue weighted by molar-refractivity contribution is 6.45. The highest BCUT2D eigenvalue weighted by Gasteiger charge is 2.20. The first kappa shape index (κ1) is 13.3. The molecule has 0 N–H and O–H groups in total. The van der Waals surface area contributed by atoms with Crippen LogP contribution in [0.15, 0.2) is 36.4 Å². The third kappa shape index (κ3) is 2.37. The van der Waals surface area contributed by atoms with Crippen LogP contribution in [0.4, 0.5) is 4.39 Å². The maximum Gasteiger partial charge on any atom is 0.199 e. The van der Waals surface area contributed by atoms with Crippen molar-refractivity contribution in [1.82, 2.24) is 0 Å². The molecule has 0 fully saturated rings. The van der Waals surface area contributed by atoms with Gasteiger partial charge in [-0.15, -0.1) is 0 Å². The van der Waals surface area contributed by atoms with Crippen LogP contribution in [-0.4, -0.2) is 5.78 Å². The first-order valence-corrected chi connectivity index (χ1v) is 6.08. The van der Waals surface area contributed by atoms with Gasteiger partial charge in [0.1, 0.15) is 5.82 Å². The molecule has 0 saturated heterocycles. The van der Waals surface area contributed by atoms with E-state index < -0.39 is 11.6 Å². The Morgan fingerprint density at radius 1 is 0.944 bits per heavy atom. The van der Waals surface area contributed by atoms with Gasteiger partial charge in [0.15, 0.2) is 5.78 Å². The first-order valence-electron chi connectivity index (χ1n) is 4.95. The van der Waals surface area contributed by atoms with E-state index in [9.17, 15) is 9.18 Å². The number of carbonyl (C=O) groups excluding carboxylic acids is 1. The maximum absolute atomic E-state index is 13.6. The largest absolute Gasteiger partial charge is 0.288 e. The molecule has 2 aromatic carbocycles. The molecular weight excluding hydrogens is 297 g/mol. The summed E-state index contributed by atoms with van der Waals surface area (Å²) < 4.78 is 13.6. The van der Waals surface area contributed by atoms with Crippen molar-refractivity contribution in [3.05, 3.63) is 68.4 Å². The lowest BCUT2D eigenvalue weighted by Gasteiger charge is -2.07. The second-order valence-corrected chi connectivity index (χ2v) is 4.72.